The summed E-state index contributed by atoms with van der Waals surface area (Å²) >= 11 is 1.74. The lowest BCUT2D eigenvalue weighted by Crippen LogP contribution is -2.57. The van der Waals surface area contributed by atoms with Crippen molar-refractivity contribution in [2.75, 3.05) is 11.4 Å². The van der Waals surface area contributed by atoms with Gasteiger partial charge in [0.15, 0.2) is 0 Å². The van der Waals surface area contributed by atoms with Crippen LogP contribution in [0.5, 0.6) is 0 Å². The smallest absolute Gasteiger partial charge is 0.250 e. The van der Waals surface area contributed by atoms with E-state index in [4.69, 9.17) is 0 Å². The predicted octanol–water partition coefficient (Wildman–Crippen LogP) is 3.27. The molecule has 2 aliphatic rings. The van der Waals surface area contributed by atoms with Crippen LogP contribution in [0.1, 0.15) is 49.1 Å². The molecule has 0 aliphatic carbocycles. The molecule has 6 rings (SSSR count). The van der Waals surface area contributed by atoms with Crippen LogP contribution in [0.2, 0.25) is 0 Å². The Labute approximate surface area is 254 Å². The fourth-order valence-electron chi connectivity index (χ4n) is 6.22. The maximum Gasteiger partial charge on any atom is 0.250 e. The molecule has 0 bridgehead atoms. The number of nitrogens with one attached hydrogen (secondary N) is 4. The first kappa shape index (κ1) is 29.0. The number of hydrogen-bond donors (Lipinski definition) is 4. The summed E-state index contributed by atoms with van der Waals surface area (Å²) in [7, 11) is 0. The van der Waals surface area contributed by atoms with Crippen molar-refractivity contribution in [2.45, 2.75) is 70.6 Å². The number of fused-ring (bicyclic) bond motifs is 1. The summed E-state index contributed by atoms with van der Waals surface area (Å²) in [5.74, 6) is -0.608. The fourth-order valence-corrected chi connectivity index (χ4v) is 7.22. The molecule has 3 amide bonds. The number of para-hydroxylation sites is 1. The van der Waals surface area contributed by atoms with Gasteiger partial charge in [-0.05, 0) is 65.2 Å². The summed E-state index contributed by atoms with van der Waals surface area (Å²) in [6, 6.07) is 12.5. The van der Waals surface area contributed by atoms with Gasteiger partial charge in [-0.2, -0.15) is 15.4 Å². The molecule has 10 nitrogen and oxygen atoms in total. The standard InChI is InChI=1S/C32H37N7O3S/c1-3-19(2)28(33-14-13-22-18-43-27-10-5-4-9-24(22)27)31(41)36-25-12-11-20-7-6-8-21-15-26(39(29(20)21)32(25)42)30(40)34-16-23-17-35-38-37-23/h4-10,17-19,25-26,28,33H,3,11-16H2,1-2H3,(H,34,40)(H,36,41)(H,35,37,38)/t19-,25-,26-,28-/m0/s1. The summed E-state index contributed by atoms with van der Waals surface area (Å²) in [5, 5.41) is 23.2. The Hall–Kier alpha value is -4.09. The summed E-state index contributed by atoms with van der Waals surface area (Å²) in [6.07, 6.45) is 4.71. The topological polar surface area (TPSA) is 132 Å². The monoisotopic (exact) mass is 599 g/mol. The van der Waals surface area contributed by atoms with Crippen molar-refractivity contribution in [1.82, 2.24) is 31.4 Å². The van der Waals surface area contributed by atoms with E-state index in [9.17, 15) is 14.4 Å². The van der Waals surface area contributed by atoms with Gasteiger partial charge < -0.3 is 16.0 Å². The molecule has 2 aromatic heterocycles. The van der Waals surface area contributed by atoms with E-state index in [-0.39, 0.29) is 30.2 Å². The number of rotatable bonds is 11. The molecule has 0 saturated heterocycles. The molecule has 0 fully saturated rings. The molecule has 0 unspecified atom stereocenters. The number of nitrogens with zero attached hydrogens (tertiary/aromatic N) is 3. The van der Waals surface area contributed by atoms with Gasteiger partial charge in [-0.15, -0.1) is 11.3 Å². The van der Waals surface area contributed by atoms with Crippen molar-refractivity contribution in [2.24, 2.45) is 5.92 Å². The van der Waals surface area contributed by atoms with Crippen LogP contribution < -0.4 is 20.9 Å². The van der Waals surface area contributed by atoms with Crippen molar-refractivity contribution in [3.05, 3.63) is 76.4 Å². The molecule has 0 radical (unpaired) electrons. The highest BCUT2D eigenvalue weighted by Gasteiger charge is 2.44. The van der Waals surface area contributed by atoms with Crippen molar-refractivity contribution >= 4 is 44.8 Å². The average molecular weight is 600 g/mol. The lowest BCUT2D eigenvalue weighted by atomic mass is 9.97. The number of aromatic nitrogens is 3. The van der Waals surface area contributed by atoms with E-state index >= 15 is 0 Å². The van der Waals surface area contributed by atoms with E-state index in [0.29, 0.717) is 31.5 Å². The Bertz CT molecular complexity index is 1620. The van der Waals surface area contributed by atoms with Gasteiger partial charge in [0.05, 0.1) is 24.5 Å². The van der Waals surface area contributed by atoms with Crippen molar-refractivity contribution in [3.63, 3.8) is 0 Å². The van der Waals surface area contributed by atoms with Gasteiger partial charge in [-0.1, -0.05) is 56.7 Å². The van der Waals surface area contributed by atoms with Crippen LogP contribution in [0.4, 0.5) is 5.69 Å². The quantitative estimate of drug-likeness (QED) is 0.209. The number of aryl methyl sites for hydroxylation is 1. The normalized spacial score (nSPS) is 19.1. The summed E-state index contributed by atoms with van der Waals surface area (Å²) < 4.78 is 1.26. The summed E-state index contributed by atoms with van der Waals surface area (Å²) in [6.45, 7) is 4.99. The number of H-pyrrole nitrogens is 1. The number of anilines is 1. The minimum Gasteiger partial charge on any atom is -0.348 e. The molecule has 0 spiro atoms. The summed E-state index contributed by atoms with van der Waals surface area (Å²) in [4.78, 5) is 42.9. The highest BCUT2D eigenvalue weighted by atomic mass is 32.1. The van der Waals surface area contributed by atoms with E-state index in [2.05, 4.69) is 68.8 Å². The third-order valence-electron chi connectivity index (χ3n) is 8.75. The molecule has 2 aliphatic heterocycles. The van der Waals surface area contributed by atoms with E-state index in [1.807, 2.05) is 24.3 Å². The lowest BCUT2D eigenvalue weighted by molar-refractivity contribution is -0.130. The number of thiophene rings is 1. The van der Waals surface area contributed by atoms with Gasteiger partial charge in [-0.25, -0.2) is 0 Å². The van der Waals surface area contributed by atoms with E-state index in [1.54, 1.807) is 22.4 Å². The second kappa shape index (κ2) is 12.6. The molecule has 4 aromatic rings. The van der Waals surface area contributed by atoms with Crippen LogP contribution >= 0.6 is 11.3 Å². The Balaban J connectivity index is 1.16. The van der Waals surface area contributed by atoms with Crippen molar-refractivity contribution in [3.8, 4) is 0 Å². The van der Waals surface area contributed by atoms with Gasteiger partial charge in [0.25, 0.3) is 0 Å². The first-order chi connectivity index (χ1) is 20.9. The van der Waals surface area contributed by atoms with Gasteiger partial charge >= 0.3 is 0 Å². The molecule has 11 heteroatoms. The van der Waals surface area contributed by atoms with Crippen LogP contribution in [0, 0.1) is 5.92 Å². The molecule has 4 atom stereocenters. The Morgan fingerprint density at radius 1 is 1.16 bits per heavy atom. The van der Waals surface area contributed by atoms with E-state index in [0.717, 1.165) is 29.7 Å². The molecule has 2 aromatic carbocycles. The molecule has 4 N–H and O–H groups in total. The zero-order chi connectivity index (χ0) is 29.9. The number of amides is 3. The first-order valence-electron chi connectivity index (χ1n) is 15.0. The fraction of sp³-hybridized carbons (Fsp3) is 0.406. The zero-order valence-corrected chi connectivity index (χ0v) is 25.2. The minimum absolute atomic E-state index is 0.0748. The molecule has 4 heterocycles. The van der Waals surface area contributed by atoms with Crippen molar-refractivity contribution < 1.29 is 14.4 Å². The lowest BCUT2D eigenvalue weighted by Gasteiger charge is -2.30. The Kier molecular flexibility index (Phi) is 8.53. The van der Waals surface area contributed by atoms with Gasteiger partial charge in [0.2, 0.25) is 17.7 Å². The maximum atomic E-state index is 14.1. The number of benzene rings is 2. The van der Waals surface area contributed by atoms with Crippen LogP contribution in [0.15, 0.2) is 54.0 Å². The van der Waals surface area contributed by atoms with Gasteiger partial charge in [-0.3, -0.25) is 19.3 Å². The average Bonchev–Trinajstić information content (AvgIpc) is 3.76. The largest absolute Gasteiger partial charge is 0.348 e. The number of hydrogen-bond acceptors (Lipinski definition) is 7. The number of aromatic amines is 1. The van der Waals surface area contributed by atoms with Crippen LogP contribution in [-0.4, -0.2) is 57.8 Å². The van der Waals surface area contributed by atoms with E-state index in [1.165, 1.54) is 15.6 Å². The molecular weight excluding hydrogens is 562 g/mol. The van der Waals surface area contributed by atoms with Crippen LogP contribution in [0.25, 0.3) is 10.1 Å². The second-order valence-corrected chi connectivity index (χ2v) is 12.4. The SMILES string of the molecule is CC[C@H](C)[C@H](NCCc1csc2ccccc12)C(=O)N[C@H]1CCc2cccc3c2N(C1=O)[C@H](C(=O)NCc1cn[nH]n1)C3. The molecule has 43 heavy (non-hydrogen) atoms. The Morgan fingerprint density at radius 3 is 2.81 bits per heavy atom. The third kappa shape index (κ3) is 5.92. The highest BCUT2D eigenvalue weighted by Crippen LogP contribution is 2.39. The number of carbonyl (C=O) groups excluding carboxylic acids is 3. The van der Waals surface area contributed by atoms with E-state index < -0.39 is 18.1 Å². The van der Waals surface area contributed by atoms with Crippen LogP contribution in [0.3, 0.4) is 0 Å². The van der Waals surface area contributed by atoms with Gasteiger partial charge in [0.1, 0.15) is 17.8 Å². The van der Waals surface area contributed by atoms with Crippen LogP contribution in [-0.2, 0) is 40.2 Å². The van der Waals surface area contributed by atoms with Crippen molar-refractivity contribution in [1.29, 1.82) is 0 Å². The second-order valence-electron chi connectivity index (χ2n) is 11.5. The predicted molar refractivity (Wildman–Crippen MR) is 167 cm³/mol. The van der Waals surface area contributed by atoms with Gasteiger partial charge in [0, 0.05) is 11.1 Å². The maximum absolute atomic E-state index is 14.1. The number of carbonyl (C=O) groups is 3. The zero-order valence-electron chi connectivity index (χ0n) is 24.4. The minimum atomic E-state index is -0.731. The summed E-state index contributed by atoms with van der Waals surface area (Å²) in [5.41, 5.74) is 4.68. The molecule has 0 saturated carbocycles. The third-order valence-corrected chi connectivity index (χ3v) is 9.76. The molecular formula is C32H37N7O3S. The highest BCUT2D eigenvalue weighted by molar-refractivity contribution is 7.17. The molecule has 224 valence electrons. The Morgan fingerprint density at radius 2 is 2.00 bits per heavy atom. The first-order valence-corrected chi connectivity index (χ1v) is 15.9.